The van der Waals surface area contributed by atoms with E-state index < -0.39 is 0 Å². The van der Waals surface area contributed by atoms with Crippen LogP contribution in [0.5, 0.6) is 0 Å². The van der Waals surface area contributed by atoms with Crippen LogP contribution in [0.3, 0.4) is 0 Å². The molecule has 0 aliphatic carbocycles. The molecular formula is C20H23N5S. The fourth-order valence-corrected chi connectivity index (χ4v) is 3.90. The van der Waals surface area contributed by atoms with Crippen LogP contribution in [0.2, 0.25) is 0 Å². The maximum Gasteiger partial charge on any atom is 0.205 e. The summed E-state index contributed by atoms with van der Waals surface area (Å²) in [4.78, 5) is 14.0. The highest BCUT2D eigenvalue weighted by molar-refractivity contribution is 7.09. The van der Waals surface area contributed by atoms with Gasteiger partial charge in [-0.2, -0.15) is 9.36 Å². The van der Waals surface area contributed by atoms with E-state index >= 15 is 0 Å². The van der Waals surface area contributed by atoms with Crippen molar-refractivity contribution in [1.82, 2.24) is 19.2 Å². The van der Waals surface area contributed by atoms with Gasteiger partial charge in [0.05, 0.1) is 0 Å². The van der Waals surface area contributed by atoms with Crippen LogP contribution in [0.15, 0.2) is 48.7 Å². The zero-order chi connectivity index (χ0) is 17.8. The van der Waals surface area contributed by atoms with Crippen molar-refractivity contribution in [2.24, 2.45) is 0 Å². The highest BCUT2D eigenvalue weighted by Gasteiger charge is 2.20. The number of rotatable bonds is 5. The average molecular weight is 366 g/mol. The van der Waals surface area contributed by atoms with E-state index in [1.165, 1.54) is 17.1 Å². The molecule has 6 heteroatoms. The van der Waals surface area contributed by atoms with Gasteiger partial charge in [-0.3, -0.25) is 9.88 Å². The van der Waals surface area contributed by atoms with E-state index in [2.05, 4.69) is 49.5 Å². The van der Waals surface area contributed by atoms with Crippen LogP contribution in [-0.2, 0) is 6.42 Å². The summed E-state index contributed by atoms with van der Waals surface area (Å²) in [5, 5.41) is 1.02. The maximum atomic E-state index is 4.73. The van der Waals surface area contributed by atoms with E-state index in [9.17, 15) is 0 Å². The summed E-state index contributed by atoms with van der Waals surface area (Å²) in [6.07, 6.45) is 2.97. The van der Waals surface area contributed by atoms with Gasteiger partial charge in [0.15, 0.2) is 5.82 Å². The zero-order valence-corrected chi connectivity index (χ0v) is 15.8. The van der Waals surface area contributed by atoms with Crippen molar-refractivity contribution in [1.29, 1.82) is 0 Å². The van der Waals surface area contributed by atoms with E-state index in [1.807, 2.05) is 25.3 Å². The molecule has 1 aliphatic heterocycles. The van der Waals surface area contributed by atoms with Gasteiger partial charge in [0, 0.05) is 61.7 Å². The van der Waals surface area contributed by atoms with E-state index in [0.717, 1.165) is 61.4 Å². The molecule has 26 heavy (non-hydrogen) atoms. The fraction of sp³-hybridized carbons (Fsp3) is 0.350. The van der Waals surface area contributed by atoms with E-state index in [0.29, 0.717) is 0 Å². The first-order chi connectivity index (χ1) is 12.8. The fourth-order valence-electron chi connectivity index (χ4n) is 3.16. The lowest BCUT2D eigenvalue weighted by molar-refractivity contribution is 0.261. The lowest BCUT2D eigenvalue weighted by atomic mass is 10.1. The molecule has 3 heterocycles. The largest absolute Gasteiger partial charge is 0.344 e. The summed E-state index contributed by atoms with van der Waals surface area (Å²) >= 11 is 1.49. The van der Waals surface area contributed by atoms with Gasteiger partial charge in [-0.25, -0.2) is 0 Å². The van der Waals surface area contributed by atoms with Gasteiger partial charge in [0.1, 0.15) is 0 Å². The van der Waals surface area contributed by atoms with Gasteiger partial charge >= 0.3 is 0 Å². The molecule has 1 saturated heterocycles. The molecule has 0 unspecified atom stereocenters. The topological polar surface area (TPSA) is 45.2 Å². The highest BCUT2D eigenvalue weighted by Crippen LogP contribution is 2.24. The summed E-state index contributed by atoms with van der Waals surface area (Å²) in [6.45, 7) is 7.28. The molecule has 1 aliphatic rings. The molecule has 0 spiro atoms. The van der Waals surface area contributed by atoms with Crippen molar-refractivity contribution >= 4 is 16.7 Å². The Balaban J connectivity index is 1.31. The molecule has 5 nitrogen and oxygen atoms in total. The number of benzene rings is 1. The van der Waals surface area contributed by atoms with Crippen LogP contribution >= 0.6 is 11.5 Å². The molecule has 1 aromatic carbocycles. The minimum Gasteiger partial charge on any atom is -0.344 e. The Hall–Kier alpha value is -2.31. The van der Waals surface area contributed by atoms with Crippen LogP contribution in [0.1, 0.15) is 11.3 Å². The predicted molar refractivity (Wildman–Crippen MR) is 107 cm³/mol. The molecule has 0 saturated carbocycles. The predicted octanol–water partition coefficient (Wildman–Crippen LogP) is 3.27. The summed E-state index contributed by atoms with van der Waals surface area (Å²) in [5.41, 5.74) is 3.41. The molecule has 4 rings (SSSR count). The minimum atomic E-state index is 0.781. The van der Waals surface area contributed by atoms with Gasteiger partial charge in [-0.05, 0) is 31.0 Å². The summed E-state index contributed by atoms with van der Waals surface area (Å²) in [6, 6.07) is 14.8. The Kier molecular flexibility index (Phi) is 5.22. The Labute approximate surface area is 158 Å². The third kappa shape index (κ3) is 4.08. The van der Waals surface area contributed by atoms with Crippen LogP contribution in [0.25, 0.3) is 11.4 Å². The molecule has 3 aromatic rings. The van der Waals surface area contributed by atoms with Crippen molar-refractivity contribution in [3.63, 3.8) is 0 Å². The molecular weight excluding hydrogens is 342 g/mol. The lowest BCUT2D eigenvalue weighted by Gasteiger charge is -2.34. The van der Waals surface area contributed by atoms with Gasteiger partial charge in [0.2, 0.25) is 5.13 Å². The average Bonchev–Trinajstić information content (AvgIpc) is 3.18. The molecule has 0 atom stereocenters. The number of aromatic nitrogens is 3. The third-order valence-electron chi connectivity index (χ3n) is 4.79. The first-order valence-electron chi connectivity index (χ1n) is 9.06. The molecule has 0 bridgehead atoms. The number of anilines is 1. The molecule has 1 fully saturated rings. The number of piperazine rings is 1. The zero-order valence-electron chi connectivity index (χ0n) is 15.0. The smallest absolute Gasteiger partial charge is 0.205 e. The van der Waals surface area contributed by atoms with Crippen LogP contribution in [0.4, 0.5) is 5.13 Å². The van der Waals surface area contributed by atoms with Crippen LogP contribution in [0, 0.1) is 6.92 Å². The number of nitrogens with zero attached hydrogens (tertiary/aromatic N) is 5. The van der Waals surface area contributed by atoms with E-state index in [4.69, 9.17) is 4.98 Å². The van der Waals surface area contributed by atoms with Crippen LogP contribution in [-0.4, -0.2) is 52.0 Å². The summed E-state index contributed by atoms with van der Waals surface area (Å²) in [5.74, 6) is 0.781. The van der Waals surface area contributed by atoms with Crippen molar-refractivity contribution in [2.75, 3.05) is 37.6 Å². The Morgan fingerprint density at radius 1 is 1.00 bits per heavy atom. The minimum absolute atomic E-state index is 0.781. The number of hydrogen-bond donors (Lipinski definition) is 0. The summed E-state index contributed by atoms with van der Waals surface area (Å²) in [7, 11) is 0. The molecule has 0 radical (unpaired) electrons. The van der Waals surface area contributed by atoms with E-state index in [-0.39, 0.29) is 0 Å². The van der Waals surface area contributed by atoms with Gasteiger partial charge in [0.25, 0.3) is 0 Å². The molecule has 134 valence electrons. The SMILES string of the molecule is Cc1ccc(-c2nsc(N3CCN(CCc4ccccc4)CC3)n2)cn1. The van der Waals surface area contributed by atoms with Gasteiger partial charge < -0.3 is 4.90 Å². The van der Waals surface area contributed by atoms with Crippen molar-refractivity contribution < 1.29 is 0 Å². The third-order valence-corrected chi connectivity index (χ3v) is 5.56. The Morgan fingerprint density at radius 3 is 2.54 bits per heavy atom. The normalized spacial score (nSPS) is 15.3. The second-order valence-electron chi connectivity index (χ2n) is 6.65. The highest BCUT2D eigenvalue weighted by atomic mass is 32.1. The Morgan fingerprint density at radius 2 is 1.81 bits per heavy atom. The van der Waals surface area contributed by atoms with Crippen molar-refractivity contribution in [3.8, 4) is 11.4 Å². The lowest BCUT2D eigenvalue weighted by Crippen LogP contribution is -2.47. The standard InChI is InChI=1S/C20H23N5S/c1-16-7-8-18(15-21-16)19-22-20(26-23-19)25-13-11-24(12-14-25)10-9-17-5-3-2-4-6-17/h2-8,15H,9-14H2,1H3. The van der Waals surface area contributed by atoms with Crippen molar-refractivity contribution in [2.45, 2.75) is 13.3 Å². The second kappa shape index (κ2) is 7.93. The van der Waals surface area contributed by atoms with Crippen LogP contribution < -0.4 is 4.90 Å². The quantitative estimate of drug-likeness (QED) is 0.694. The number of hydrogen-bond acceptors (Lipinski definition) is 6. The Bertz CT molecular complexity index is 823. The molecule has 0 N–H and O–H groups in total. The number of aryl methyl sites for hydroxylation is 1. The maximum absolute atomic E-state index is 4.73. The monoisotopic (exact) mass is 365 g/mol. The molecule has 2 aromatic heterocycles. The molecule has 0 amide bonds. The summed E-state index contributed by atoms with van der Waals surface area (Å²) < 4.78 is 4.52. The second-order valence-corrected chi connectivity index (χ2v) is 7.38. The van der Waals surface area contributed by atoms with Gasteiger partial charge in [-0.15, -0.1) is 0 Å². The first-order valence-corrected chi connectivity index (χ1v) is 9.83. The first kappa shape index (κ1) is 17.1. The number of pyridine rings is 1. The van der Waals surface area contributed by atoms with Crippen molar-refractivity contribution in [3.05, 3.63) is 59.9 Å². The van der Waals surface area contributed by atoms with Gasteiger partial charge in [-0.1, -0.05) is 30.3 Å². The van der Waals surface area contributed by atoms with E-state index in [1.54, 1.807) is 0 Å².